The molecule has 5 saturated carbocycles. The molecule has 6 rings (SSSR count). The number of hydroxylamine groups is 2. The topological polar surface area (TPSA) is 147 Å². The zero-order valence-corrected chi connectivity index (χ0v) is 36.4. The Morgan fingerprint density at radius 1 is 0.982 bits per heavy atom. The number of carbonyl (C=O) groups is 4. The van der Waals surface area contributed by atoms with Crippen molar-refractivity contribution in [2.24, 2.45) is 64.6 Å². The maximum Gasteiger partial charge on any atom is 0.306 e. The highest BCUT2D eigenvalue weighted by Crippen LogP contribution is 2.61. The Hall–Kier alpha value is -2.12. The van der Waals surface area contributed by atoms with E-state index in [0.717, 1.165) is 32.1 Å². The molecule has 6 unspecified atom stereocenters. The summed E-state index contributed by atoms with van der Waals surface area (Å²) >= 11 is 0. The number of imide groups is 1. The molecule has 6 fully saturated rings. The number of ether oxygens (including phenoxy) is 2. The first-order valence-electron chi connectivity index (χ1n) is 22.0. The van der Waals surface area contributed by atoms with E-state index in [0.29, 0.717) is 43.6 Å². The minimum atomic E-state index is -0.769. The minimum absolute atomic E-state index is 0.0207. The van der Waals surface area contributed by atoms with Crippen molar-refractivity contribution in [3.8, 4) is 0 Å². The molecule has 12 nitrogen and oxygen atoms in total. The van der Waals surface area contributed by atoms with Crippen LogP contribution in [-0.4, -0.2) is 110 Å². The van der Waals surface area contributed by atoms with Crippen molar-refractivity contribution in [3.05, 3.63) is 0 Å². The molecule has 0 aromatic heterocycles. The second-order valence-electron chi connectivity index (χ2n) is 19.9. The van der Waals surface area contributed by atoms with Crippen LogP contribution in [0.15, 0.2) is 0 Å². The van der Waals surface area contributed by atoms with E-state index in [2.05, 4.69) is 31.4 Å². The second-order valence-corrected chi connectivity index (χ2v) is 19.9. The van der Waals surface area contributed by atoms with Crippen molar-refractivity contribution in [2.75, 3.05) is 34.4 Å². The van der Waals surface area contributed by atoms with E-state index in [4.69, 9.17) is 14.3 Å². The highest BCUT2D eigenvalue weighted by Gasteiger charge is 2.58. The standard InChI is InChI=1S/C44H76N4O8/c1-24(2)15-37(50)47(10)43(53)30-17-29(18-32(19-30)45-9)33-14-12-13-28(41(33)54-11)22-48-40(39(36(23-49)56-48)27(6)55-38(51)16-25(3)4)42(52)46-35-21-31-20-34(26(35)5)44(31,7)8/h24-36,39-41,45,49H,12-23H2,1-11H3,(H,46,52)/t26-,27-,28?,29?,30?,31+,32?,33?,34-,35-,36-,39+,40-,41?/m0/s1. The van der Waals surface area contributed by atoms with Crippen LogP contribution < -0.4 is 10.6 Å². The molecule has 14 atom stereocenters. The molecule has 6 aliphatic rings. The van der Waals surface area contributed by atoms with E-state index in [1.165, 1.54) is 11.3 Å². The van der Waals surface area contributed by atoms with E-state index >= 15 is 0 Å². The zero-order chi connectivity index (χ0) is 41.2. The first-order chi connectivity index (χ1) is 26.4. The van der Waals surface area contributed by atoms with E-state index < -0.39 is 24.2 Å². The van der Waals surface area contributed by atoms with Crippen LogP contribution in [0.1, 0.15) is 120 Å². The van der Waals surface area contributed by atoms with Crippen LogP contribution in [0.4, 0.5) is 0 Å². The fourth-order valence-electron chi connectivity index (χ4n) is 11.8. The van der Waals surface area contributed by atoms with Gasteiger partial charge in [0.1, 0.15) is 18.2 Å². The molecule has 0 aromatic rings. The lowest BCUT2D eigenvalue weighted by atomic mass is 9.45. The summed E-state index contributed by atoms with van der Waals surface area (Å²) in [6, 6.07) is -0.579. The van der Waals surface area contributed by atoms with Crippen LogP contribution in [0, 0.1) is 64.6 Å². The molecule has 3 N–H and O–H groups in total. The summed E-state index contributed by atoms with van der Waals surface area (Å²) in [6.45, 7) is 16.8. The maximum atomic E-state index is 14.7. The van der Waals surface area contributed by atoms with Crippen LogP contribution in [0.5, 0.6) is 0 Å². The number of hydrogen-bond acceptors (Lipinski definition) is 10. The van der Waals surface area contributed by atoms with Crippen molar-refractivity contribution < 1.29 is 38.6 Å². The lowest BCUT2D eigenvalue weighted by Crippen LogP contribution is -2.62. The molecule has 56 heavy (non-hydrogen) atoms. The van der Waals surface area contributed by atoms with Crippen LogP contribution in [-0.2, 0) is 33.5 Å². The highest BCUT2D eigenvalue weighted by atomic mass is 16.7. The predicted octanol–water partition coefficient (Wildman–Crippen LogP) is 5.21. The van der Waals surface area contributed by atoms with E-state index in [1.54, 1.807) is 19.2 Å². The number of aliphatic hydroxyl groups excluding tert-OH is 1. The Morgan fingerprint density at radius 3 is 2.27 bits per heavy atom. The third kappa shape index (κ3) is 9.67. The molecular formula is C44H76N4O8. The van der Waals surface area contributed by atoms with Crippen LogP contribution in [0.3, 0.4) is 0 Å². The summed E-state index contributed by atoms with van der Waals surface area (Å²) in [4.78, 5) is 62.2. The SMILES string of the molecule is CNC1CC(C(=O)N(C)C(=O)CC(C)C)CC(C2CCCC(CN3O[C@@H](CO)[C@@H]([C@H](C)OC(=O)CC(C)C)[C@H]3C(=O)N[C@H]3C[C@H]4C[C@@H]([C@@H]3C)C4(C)C)C2OC)C1. The third-order valence-electron chi connectivity index (χ3n) is 15.0. The highest BCUT2D eigenvalue weighted by molar-refractivity contribution is 5.96. The number of methoxy groups -OCH3 is 1. The Morgan fingerprint density at radius 2 is 1.68 bits per heavy atom. The molecule has 1 heterocycles. The van der Waals surface area contributed by atoms with Gasteiger partial charge in [0, 0.05) is 57.5 Å². The van der Waals surface area contributed by atoms with Gasteiger partial charge >= 0.3 is 5.97 Å². The molecule has 320 valence electrons. The van der Waals surface area contributed by atoms with E-state index in [-0.39, 0.29) is 95.8 Å². The summed E-state index contributed by atoms with van der Waals surface area (Å²) < 4.78 is 12.4. The quantitative estimate of drug-likeness (QED) is 0.189. The van der Waals surface area contributed by atoms with Crippen molar-refractivity contribution in [1.29, 1.82) is 0 Å². The summed E-state index contributed by atoms with van der Waals surface area (Å²) in [5, 5.41) is 19.4. The molecule has 2 bridgehead atoms. The normalized spacial score (nSPS) is 37.5. The van der Waals surface area contributed by atoms with Gasteiger partial charge in [-0.1, -0.05) is 54.9 Å². The van der Waals surface area contributed by atoms with Gasteiger partial charge in [-0.3, -0.25) is 28.9 Å². The first-order valence-corrected chi connectivity index (χ1v) is 22.0. The van der Waals surface area contributed by atoms with Crippen LogP contribution in [0.2, 0.25) is 0 Å². The number of rotatable bonds is 15. The van der Waals surface area contributed by atoms with Gasteiger partial charge in [0.25, 0.3) is 0 Å². The number of carbonyl (C=O) groups excluding carboxylic acids is 4. The summed E-state index contributed by atoms with van der Waals surface area (Å²) in [6.07, 6.45) is 6.36. The second kappa shape index (κ2) is 18.9. The van der Waals surface area contributed by atoms with Gasteiger partial charge in [-0.15, -0.1) is 0 Å². The number of aliphatic hydroxyl groups is 1. The fraction of sp³-hybridized carbons (Fsp3) is 0.909. The fourth-order valence-corrected chi connectivity index (χ4v) is 11.8. The predicted molar refractivity (Wildman–Crippen MR) is 215 cm³/mol. The smallest absolute Gasteiger partial charge is 0.306 e. The first kappa shape index (κ1) is 45.0. The summed E-state index contributed by atoms with van der Waals surface area (Å²) in [5.41, 5.74) is 0.277. The molecule has 0 spiro atoms. The molecule has 1 aliphatic heterocycles. The third-order valence-corrected chi connectivity index (χ3v) is 15.0. The van der Waals surface area contributed by atoms with Gasteiger partial charge < -0.3 is 25.2 Å². The number of hydrogen-bond donors (Lipinski definition) is 3. The maximum absolute atomic E-state index is 14.7. The monoisotopic (exact) mass is 789 g/mol. The molecule has 0 aromatic carbocycles. The van der Waals surface area contributed by atoms with Crippen molar-refractivity contribution in [3.63, 3.8) is 0 Å². The molecule has 0 radical (unpaired) electrons. The number of amides is 3. The Balaban J connectivity index is 1.36. The largest absolute Gasteiger partial charge is 0.462 e. The van der Waals surface area contributed by atoms with Crippen molar-refractivity contribution >= 4 is 23.7 Å². The molecule has 1 saturated heterocycles. The molecule has 5 aliphatic carbocycles. The van der Waals surface area contributed by atoms with Crippen LogP contribution >= 0.6 is 0 Å². The van der Waals surface area contributed by atoms with E-state index in [9.17, 15) is 24.3 Å². The van der Waals surface area contributed by atoms with Gasteiger partial charge in [0.05, 0.1) is 18.6 Å². The van der Waals surface area contributed by atoms with Gasteiger partial charge in [-0.2, -0.15) is 5.06 Å². The molecule has 3 amide bonds. The van der Waals surface area contributed by atoms with Crippen LogP contribution in [0.25, 0.3) is 0 Å². The van der Waals surface area contributed by atoms with Gasteiger partial charge in [0.2, 0.25) is 17.7 Å². The average Bonchev–Trinajstić information content (AvgIpc) is 3.52. The van der Waals surface area contributed by atoms with E-state index in [1.807, 2.05) is 41.7 Å². The Labute approximate surface area is 337 Å². The Bertz CT molecular complexity index is 1370. The number of esters is 1. The van der Waals surface area contributed by atoms with Crippen molar-refractivity contribution in [2.45, 2.75) is 156 Å². The number of nitrogens with one attached hydrogen (secondary N) is 2. The van der Waals surface area contributed by atoms with Crippen molar-refractivity contribution in [1.82, 2.24) is 20.6 Å². The lowest BCUT2D eigenvalue weighted by molar-refractivity contribution is -0.193. The number of nitrogens with zero attached hydrogens (tertiary/aromatic N) is 2. The average molecular weight is 789 g/mol. The summed E-state index contributed by atoms with van der Waals surface area (Å²) in [7, 11) is 5.33. The van der Waals surface area contributed by atoms with Gasteiger partial charge in [0.15, 0.2) is 0 Å². The molecule has 12 heteroatoms. The number of fused-ring (bicyclic) bond motifs is 2. The minimum Gasteiger partial charge on any atom is -0.462 e. The van der Waals surface area contributed by atoms with Gasteiger partial charge in [-0.05, 0) is 106 Å². The lowest BCUT2D eigenvalue weighted by Gasteiger charge is -2.62. The Kier molecular flexibility index (Phi) is 15.1. The molecular weight excluding hydrogens is 713 g/mol. The van der Waals surface area contributed by atoms with Gasteiger partial charge in [-0.25, -0.2) is 0 Å². The summed E-state index contributed by atoms with van der Waals surface area (Å²) in [5.74, 6) is 0.640. The zero-order valence-electron chi connectivity index (χ0n) is 36.4.